The Balaban J connectivity index is 2.47. The minimum atomic E-state index is -5.03. The second-order valence-corrected chi connectivity index (χ2v) is 7.00. The number of aliphatic hydroxyl groups is 1. The zero-order chi connectivity index (χ0) is 21.4. The minimum absolute atomic E-state index is 0.0283. The van der Waals surface area contributed by atoms with Gasteiger partial charge in [-0.25, -0.2) is 0 Å². The number of nitrogens with one attached hydrogen (secondary N) is 1. The van der Waals surface area contributed by atoms with E-state index >= 15 is 0 Å². The smallest absolute Gasteiger partial charge is 0.471 e. The van der Waals surface area contributed by atoms with E-state index in [4.69, 9.17) is 0 Å². The van der Waals surface area contributed by atoms with Gasteiger partial charge in [0.2, 0.25) is 0 Å². The normalized spacial score (nSPS) is 17.7. The molecule has 0 bridgehead atoms. The molecule has 0 radical (unpaired) electrons. The van der Waals surface area contributed by atoms with Crippen molar-refractivity contribution in [3.8, 4) is 0 Å². The Morgan fingerprint density at radius 3 is 2.14 bits per heavy atom. The number of ketones is 2. The Kier molecular flexibility index (Phi) is 6.01. The molecule has 28 heavy (non-hydrogen) atoms. The third-order valence-electron chi connectivity index (χ3n) is 4.98. The van der Waals surface area contributed by atoms with Gasteiger partial charge in [0.15, 0.2) is 11.6 Å². The van der Waals surface area contributed by atoms with Gasteiger partial charge in [-0.3, -0.25) is 14.4 Å². The van der Waals surface area contributed by atoms with Gasteiger partial charge in [-0.05, 0) is 48.9 Å². The lowest BCUT2D eigenvalue weighted by atomic mass is 9.76. The molecule has 0 unspecified atom stereocenters. The van der Waals surface area contributed by atoms with E-state index < -0.39 is 29.6 Å². The number of allylic oxidation sites excluding steroid dienone is 2. The first-order valence-corrected chi connectivity index (χ1v) is 8.85. The maximum atomic E-state index is 12.7. The van der Waals surface area contributed by atoms with Gasteiger partial charge in [0.1, 0.15) is 5.76 Å². The summed E-state index contributed by atoms with van der Waals surface area (Å²) in [7, 11) is 0. The first kappa shape index (κ1) is 21.7. The molecule has 1 saturated carbocycles. The summed E-state index contributed by atoms with van der Waals surface area (Å²) in [6, 6.07) is 1.62. The first-order valence-electron chi connectivity index (χ1n) is 8.85. The minimum Gasteiger partial charge on any atom is -0.511 e. The zero-order valence-corrected chi connectivity index (χ0v) is 16.1. The highest BCUT2D eigenvalue weighted by Gasteiger charge is 2.40. The maximum absolute atomic E-state index is 12.7. The molecular weight excluding hydrogens is 375 g/mol. The monoisotopic (exact) mass is 397 g/mol. The SMILES string of the molecule is CCC(O)=C1C(=O)CC(c2c(C)cc(C)c(NC(=O)C(F)(F)F)c2C)CC1=O. The fourth-order valence-corrected chi connectivity index (χ4v) is 3.79. The molecule has 152 valence electrons. The van der Waals surface area contributed by atoms with Crippen molar-refractivity contribution in [1.82, 2.24) is 0 Å². The molecule has 5 nitrogen and oxygen atoms in total. The number of alkyl halides is 3. The van der Waals surface area contributed by atoms with E-state index in [9.17, 15) is 32.7 Å². The Morgan fingerprint density at radius 1 is 1.14 bits per heavy atom. The highest BCUT2D eigenvalue weighted by molar-refractivity contribution is 6.22. The first-order chi connectivity index (χ1) is 12.9. The lowest BCUT2D eigenvalue weighted by molar-refractivity contribution is -0.167. The fraction of sp³-hybridized carbons (Fsp3) is 0.450. The van der Waals surface area contributed by atoms with Crippen molar-refractivity contribution in [1.29, 1.82) is 0 Å². The van der Waals surface area contributed by atoms with E-state index in [1.165, 1.54) is 0 Å². The molecule has 1 aromatic carbocycles. The van der Waals surface area contributed by atoms with Crippen LogP contribution in [-0.4, -0.2) is 28.8 Å². The summed E-state index contributed by atoms with van der Waals surface area (Å²) in [6.07, 6.45) is -4.95. The third-order valence-corrected chi connectivity index (χ3v) is 4.98. The maximum Gasteiger partial charge on any atom is 0.471 e. The number of carbonyl (C=O) groups is 3. The number of benzene rings is 1. The van der Waals surface area contributed by atoms with E-state index in [0.717, 1.165) is 5.56 Å². The molecule has 0 aliphatic heterocycles. The molecule has 2 N–H and O–H groups in total. The molecule has 1 amide bonds. The lowest BCUT2D eigenvalue weighted by Gasteiger charge is -2.27. The highest BCUT2D eigenvalue weighted by atomic mass is 19.4. The van der Waals surface area contributed by atoms with Gasteiger partial charge in [0.05, 0.1) is 5.57 Å². The number of halogens is 3. The Labute approximate surface area is 160 Å². The van der Waals surface area contributed by atoms with Gasteiger partial charge in [-0.1, -0.05) is 13.0 Å². The summed E-state index contributed by atoms with van der Waals surface area (Å²) < 4.78 is 38.0. The molecule has 0 aromatic heterocycles. The Bertz CT molecular complexity index is 864. The van der Waals surface area contributed by atoms with E-state index in [1.54, 1.807) is 33.8 Å². The van der Waals surface area contributed by atoms with Gasteiger partial charge >= 0.3 is 12.1 Å². The quantitative estimate of drug-likeness (QED) is 0.451. The second kappa shape index (κ2) is 7.77. The van der Waals surface area contributed by atoms with Gasteiger partial charge in [0.25, 0.3) is 0 Å². The number of carbonyl (C=O) groups excluding carboxylic acids is 3. The predicted molar refractivity (Wildman–Crippen MR) is 97.3 cm³/mol. The van der Waals surface area contributed by atoms with Crippen LogP contribution >= 0.6 is 0 Å². The summed E-state index contributed by atoms with van der Waals surface area (Å²) in [4.78, 5) is 36.2. The van der Waals surface area contributed by atoms with Crippen LogP contribution < -0.4 is 5.32 Å². The molecule has 0 saturated heterocycles. The van der Waals surface area contributed by atoms with Crippen LogP contribution in [0.15, 0.2) is 17.4 Å². The average molecular weight is 397 g/mol. The van der Waals surface area contributed by atoms with Crippen molar-refractivity contribution in [3.63, 3.8) is 0 Å². The van der Waals surface area contributed by atoms with Gasteiger partial charge < -0.3 is 10.4 Å². The van der Waals surface area contributed by atoms with Crippen LogP contribution in [0.5, 0.6) is 0 Å². The van der Waals surface area contributed by atoms with E-state index in [2.05, 4.69) is 0 Å². The van der Waals surface area contributed by atoms with E-state index in [-0.39, 0.29) is 36.3 Å². The van der Waals surface area contributed by atoms with E-state index in [0.29, 0.717) is 16.7 Å². The molecule has 8 heteroatoms. The van der Waals surface area contributed by atoms with Crippen LogP contribution in [0.25, 0.3) is 0 Å². The molecule has 0 atom stereocenters. The Morgan fingerprint density at radius 2 is 1.68 bits per heavy atom. The van der Waals surface area contributed by atoms with Crippen molar-refractivity contribution >= 4 is 23.2 Å². The molecule has 1 aliphatic carbocycles. The van der Waals surface area contributed by atoms with Gasteiger partial charge in [-0.2, -0.15) is 13.2 Å². The molecule has 1 fully saturated rings. The van der Waals surface area contributed by atoms with Crippen molar-refractivity contribution in [2.24, 2.45) is 0 Å². The van der Waals surface area contributed by atoms with Crippen molar-refractivity contribution < 1.29 is 32.7 Å². The zero-order valence-electron chi connectivity index (χ0n) is 16.1. The van der Waals surface area contributed by atoms with Crippen LogP contribution in [0.4, 0.5) is 18.9 Å². The number of hydrogen-bond acceptors (Lipinski definition) is 4. The summed E-state index contributed by atoms with van der Waals surface area (Å²) in [5.41, 5.74) is 1.98. The lowest BCUT2D eigenvalue weighted by Crippen LogP contribution is -2.31. The summed E-state index contributed by atoms with van der Waals surface area (Å²) in [6.45, 7) is 6.51. The van der Waals surface area contributed by atoms with Crippen molar-refractivity contribution in [2.75, 3.05) is 5.32 Å². The largest absolute Gasteiger partial charge is 0.511 e. The van der Waals surface area contributed by atoms with Crippen LogP contribution in [-0.2, 0) is 14.4 Å². The van der Waals surface area contributed by atoms with Gasteiger partial charge in [-0.15, -0.1) is 0 Å². The molecule has 1 aromatic rings. The molecule has 1 aliphatic rings. The second-order valence-electron chi connectivity index (χ2n) is 7.00. The van der Waals surface area contributed by atoms with Crippen molar-refractivity contribution in [3.05, 3.63) is 39.7 Å². The molecule has 0 heterocycles. The standard InChI is InChI=1S/C20H22F3NO4/c1-5-13(25)17-14(26)7-12(8-15(17)27)16-9(2)6-10(3)18(11(16)4)24-19(28)20(21,22)23/h6,12,25H,5,7-8H2,1-4H3,(H,24,28). The van der Waals surface area contributed by atoms with Crippen molar-refractivity contribution in [2.45, 2.75) is 59.1 Å². The summed E-state index contributed by atoms with van der Waals surface area (Å²) in [5, 5.41) is 11.7. The van der Waals surface area contributed by atoms with Crippen LogP contribution in [0.3, 0.4) is 0 Å². The van der Waals surface area contributed by atoms with Crippen LogP contribution in [0.1, 0.15) is 54.4 Å². The number of rotatable bonds is 3. The van der Waals surface area contributed by atoms with Crippen LogP contribution in [0.2, 0.25) is 0 Å². The topological polar surface area (TPSA) is 83.5 Å². The van der Waals surface area contributed by atoms with E-state index in [1.807, 2.05) is 5.32 Å². The molecular formula is C20H22F3NO4. The molecule has 2 rings (SSSR count). The number of aliphatic hydroxyl groups excluding tert-OH is 1. The third kappa shape index (κ3) is 4.10. The number of anilines is 1. The highest BCUT2D eigenvalue weighted by Crippen LogP contribution is 2.39. The van der Waals surface area contributed by atoms with Gasteiger partial charge in [0, 0.05) is 24.9 Å². The summed E-state index contributed by atoms with van der Waals surface area (Å²) >= 11 is 0. The summed E-state index contributed by atoms with van der Waals surface area (Å²) in [5.74, 6) is -3.83. The van der Waals surface area contributed by atoms with Crippen LogP contribution in [0, 0.1) is 20.8 Å². The number of aryl methyl sites for hydroxylation is 2. The Hall–Kier alpha value is -2.64. The number of amides is 1. The fourth-order valence-electron chi connectivity index (χ4n) is 3.79. The number of Topliss-reactive ketones (excluding diaryl/α,β-unsaturated/α-hetero) is 2. The average Bonchev–Trinajstić information content (AvgIpc) is 2.56. The number of hydrogen-bond donors (Lipinski definition) is 2. The molecule has 0 spiro atoms. The predicted octanol–water partition coefficient (Wildman–Crippen LogP) is 4.35.